The minimum atomic E-state index is 0.863. The van der Waals surface area contributed by atoms with E-state index in [-0.39, 0.29) is 0 Å². The predicted octanol–water partition coefficient (Wildman–Crippen LogP) is 1.33. The maximum absolute atomic E-state index is 3.29. The highest BCUT2D eigenvalue weighted by molar-refractivity contribution is 4.89. The highest BCUT2D eigenvalue weighted by Crippen LogP contribution is 2.36. The Kier molecular flexibility index (Phi) is 2.89. The molecule has 0 aromatic carbocycles. The van der Waals surface area contributed by atoms with Crippen LogP contribution in [0, 0.1) is 11.8 Å². The Labute approximate surface area is 81.7 Å². The van der Waals surface area contributed by atoms with E-state index in [0.29, 0.717) is 0 Å². The van der Waals surface area contributed by atoms with Crippen LogP contribution in [0.3, 0.4) is 0 Å². The van der Waals surface area contributed by atoms with Crippen LogP contribution in [0.15, 0.2) is 0 Å². The van der Waals surface area contributed by atoms with E-state index in [1.165, 1.54) is 38.9 Å². The summed E-state index contributed by atoms with van der Waals surface area (Å²) in [6.45, 7) is 6.29. The van der Waals surface area contributed by atoms with E-state index in [1.54, 1.807) is 0 Å². The molecule has 0 aromatic rings. The zero-order chi connectivity index (χ0) is 9.26. The maximum atomic E-state index is 3.29. The van der Waals surface area contributed by atoms with Crippen molar-refractivity contribution in [3.05, 3.63) is 0 Å². The van der Waals surface area contributed by atoms with E-state index < -0.39 is 0 Å². The summed E-state index contributed by atoms with van der Waals surface area (Å²) in [5.74, 6) is 1.94. The molecule has 0 bridgehead atoms. The van der Waals surface area contributed by atoms with Crippen LogP contribution in [-0.4, -0.2) is 37.6 Å². The lowest BCUT2D eigenvalue weighted by Crippen LogP contribution is -2.33. The van der Waals surface area contributed by atoms with Gasteiger partial charge in [0.2, 0.25) is 0 Å². The lowest BCUT2D eigenvalue weighted by atomic mass is 10.1. The van der Waals surface area contributed by atoms with Gasteiger partial charge in [-0.3, -0.25) is 0 Å². The summed E-state index contributed by atoms with van der Waals surface area (Å²) in [6, 6.07) is 0.863. The number of hydrogen-bond donors (Lipinski definition) is 1. The lowest BCUT2D eigenvalue weighted by Gasteiger charge is -2.24. The molecule has 1 saturated carbocycles. The van der Waals surface area contributed by atoms with Gasteiger partial charge in [0.1, 0.15) is 0 Å². The third-order valence-electron chi connectivity index (χ3n) is 3.69. The van der Waals surface area contributed by atoms with Gasteiger partial charge >= 0.3 is 0 Å². The zero-order valence-corrected chi connectivity index (χ0v) is 8.92. The Morgan fingerprint density at radius 2 is 2.15 bits per heavy atom. The molecule has 2 atom stereocenters. The third kappa shape index (κ3) is 2.23. The smallest absolute Gasteiger partial charge is 0.00953 e. The van der Waals surface area contributed by atoms with Crippen LogP contribution in [0.1, 0.15) is 26.2 Å². The summed E-state index contributed by atoms with van der Waals surface area (Å²) >= 11 is 0. The van der Waals surface area contributed by atoms with E-state index in [4.69, 9.17) is 0 Å². The molecular weight excluding hydrogens is 160 g/mol. The van der Waals surface area contributed by atoms with Crippen molar-refractivity contribution >= 4 is 0 Å². The Bertz CT molecular complexity index is 165. The molecular formula is C11H22N2. The van der Waals surface area contributed by atoms with E-state index >= 15 is 0 Å². The van der Waals surface area contributed by atoms with Crippen LogP contribution in [0.2, 0.25) is 0 Å². The van der Waals surface area contributed by atoms with Gasteiger partial charge in [0.15, 0.2) is 0 Å². The SMILES string of the molecule is CNCC1CCN(C(C)C2CC2)C1. The predicted molar refractivity (Wildman–Crippen MR) is 55.8 cm³/mol. The number of hydrogen-bond acceptors (Lipinski definition) is 2. The fraction of sp³-hybridized carbons (Fsp3) is 1.00. The van der Waals surface area contributed by atoms with Gasteiger partial charge in [-0.1, -0.05) is 0 Å². The first-order valence-electron chi connectivity index (χ1n) is 5.70. The number of nitrogens with one attached hydrogen (secondary N) is 1. The van der Waals surface area contributed by atoms with Crippen LogP contribution < -0.4 is 5.32 Å². The van der Waals surface area contributed by atoms with E-state index in [9.17, 15) is 0 Å². The van der Waals surface area contributed by atoms with Crippen LogP contribution in [0.4, 0.5) is 0 Å². The highest BCUT2D eigenvalue weighted by Gasteiger charge is 2.35. The van der Waals surface area contributed by atoms with Gasteiger partial charge < -0.3 is 10.2 Å². The van der Waals surface area contributed by atoms with Crippen molar-refractivity contribution in [3.63, 3.8) is 0 Å². The molecule has 13 heavy (non-hydrogen) atoms. The van der Waals surface area contributed by atoms with Gasteiger partial charge in [0.05, 0.1) is 0 Å². The Hall–Kier alpha value is -0.0800. The van der Waals surface area contributed by atoms with Crippen LogP contribution in [0.25, 0.3) is 0 Å². The molecule has 1 saturated heterocycles. The second-order valence-electron chi connectivity index (χ2n) is 4.79. The Morgan fingerprint density at radius 3 is 2.77 bits per heavy atom. The normalized spacial score (nSPS) is 32.3. The van der Waals surface area contributed by atoms with Crippen molar-refractivity contribution in [2.45, 2.75) is 32.2 Å². The minimum Gasteiger partial charge on any atom is -0.319 e. The zero-order valence-electron chi connectivity index (χ0n) is 8.92. The lowest BCUT2D eigenvalue weighted by molar-refractivity contribution is 0.226. The van der Waals surface area contributed by atoms with Gasteiger partial charge in [-0.25, -0.2) is 0 Å². The van der Waals surface area contributed by atoms with E-state index in [2.05, 4.69) is 24.2 Å². The van der Waals surface area contributed by atoms with Gasteiger partial charge in [-0.2, -0.15) is 0 Å². The second kappa shape index (κ2) is 3.97. The van der Waals surface area contributed by atoms with Gasteiger partial charge in [-0.05, 0) is 58.2 Å². The van der Waals surface area contributed by atoms with Crippen molar-refractivity contribution < 1.29 is 0 Å². The molecule has 2 fully saturated rings. The fourth-order valence-corrected chi connectivity index (χ4v) is 2.56. The molecule has 2 heteroatoms. The molecule has 1 N–H and O–H groups in total. The monoisotopic (exact) mass is 182 g/mol. The molecule has 0 amide bonds. The van der Waals surface area contributed by atoms with Crippen molar-refractivity contribution in [1.82, 2.24) is 10.2 Å². The van der Waals surface area contributed by atoms with Crippen LogP contribution >= 0.6 is 0 Å². The molecule has 1 heterocycles. The molecule has 0 radical (unpaired) electrons. The molecule has 1 aliphatic heterocycles. The summed E-state index contributed by atoms with van der Waals surface area (Å²) < 4.78 is 0. The van der Waals surface area contributed by atoms with Gasteiger partial charge in [0.25, 0.3) is 0 Å². The molecule has 1 aliphatic carbocycles. The number of nitrogens with zero attached hydrogens (tertiary/aromatic N) is 1. The number of likely N-dealkylation sites (tertiary alicyclic amines) is 1. The summed E-state index contributed by atoms with van der Waals surface area (Å²) in [4.78, 5) is 2.69. The van der Waals surface area contributed by atoms with Crippen molar-refractivity contribution in [2.24, 2.45) is 11.8 Å². The highest BCUT2D eigenvalue weighted by atomic mass is 15.2. The second-order valence-corrected chi connectivity index (χ2v) is 4.79. The topological polar surface area (TPSA) is 15.3 Å². The van der Waals surface area contributed by atoms with Crippen molar-refractivity contribution in [1.29, 1.82) is 0 Å². The first-order valence-corrected chi connectivity index (χ1v) is 5.70. The van der Waals surface area contributed by atoms with Crippen LogP contribution in [-0.2, 0) is 0 Å². The fourth-order valence-electron chi connectivity index (χ4n) is 2.56. The first kappa shape index (κ1) is 9.47. The molecule has 0 aromatic heterocycles. The van der Waals surface area contributed by atoms with E-state index in [0.717, 1.165) is 17.9 Å². The molecule has 2 rings (SSSR count). The Balaban J connectivity index is 1.76. The number of rotatable bonds is 4. The molecule has 2 nitrogen and oxygen atoms in total. The molecule has 0 spiro atoms. The Morgan fingerprint density at radius 1 is 1.38 bits per heavy atom. The summed E-state index contributed by atoms with van der Waals surface area (Å²) in [5, 5.41) is 3.29. The summed E-state index contributed by atoms with van der Waals surface area (Å²) in [7, 11) is 2.06. The third-order valence-corrected chi connectivity index (χ3v) is 3.69. The average molecular weight is 182 g/mol. The maximum Gasteiger partial charge on any atom is 0.00953 e. The first-order chi connectivity index (χ1) is 6.31. The van der Waals surface area contributed by atoms with Crippen molar-refractivity contribution in [2.75, 3.05) is 26.7 Å². The summed E-state index contributed by atoms with van der Waals surface area (Å²) in [6.07, 6.45) is 4.36. The quantitative estimate of drug-likeness (QED) is 0.705. The standard InChI is InChI=1S/C11H22N2/c1-9(11-3-4-11)13-6-5-10(8-13)7-12-2/h9-12H,3-8H2,1-2H3. The molecule has 2 unspecified atom stereocenters. The van der Waals surface area contributed by atoms with E-state index in [1.807, 2.05) is 0 Å². The van der Waals surface area contributed by atoms with Crippen LogP contribution in [0.5, 0.6) is 0 Å². The molecule has 76 valence electrons. The van der Waals surface area contributed by atoms with Gasteiger partial charge in [0, 0.05) is 12.6 Å². The van der Waals surface area contributed by atoms with Gasteiger partial charge in [-0.15, -0.1) is 0 Å². The minimum absolute atomic E-state index is 0.863. The average Bonchev–Trinajstić information content (AvgIpc) is 2.87. The van der Waals surface area contributed by atoms with Crippen molar-refractivity contribution in [3.8, 4) is 0 Å². The summed E-state index contributed by atoms with van der Waals surface area (Å²) in [5.41, 5.74) is 0. The molecule has 2 aliphatic rings. The largest absolute Gasteiger partial charge is 0.319 e.